The first kappa shape index (κ1) is 10.2. The van der Waals surface area contributed by atoms with Crippen molar-refractivity contribution < 1.29 is 0 Å². The van der Waals surface area contributed by atoms with Gasteiger partial charge in [-0.25, -0.2) is 0 Å². The Kier molecular flexibility index (Phi) is 2.76. The van der Waals surface area contributed by atoms with Crippen molar-refractivity contribution in [2.24, 2.45) is 5.10 Å². The first-order valence-corrected chi connectivity index (χ1v) is 5.58. The minimum atomic E-state index is 0.600. The van der Waals surface area contributed by atoms with E-state index in [2.05, 4.69) is 55.1 Å². The van der Waals surface area contributed by atoms with Gasteiger partial charge in [-0.3, -0.25) is 5.01 Å². The van der Waals surface area contributed by atoms with Crippen molar-refractivity contribution in [1.29, 1.82) is 0 Å². The van der Waals surface area contributed by atoms with Crippen molar-refractivity contribution >= 4 is 11.4 Å². The van der Waals surface area contributed by atoms with E-state index in [1.165, 1.54) is 17.0 Å². The summed E-state index contributed by atoms with van der Waals surface area (Å²) in [5.41, 5.74) is 3.82. The van der Waals surface area contributed by atoms with Crippen LogP contribution in [-0.4, -0.2) is 12.3 Å². The molecule has 1 aliphatic heterocycles. The highest BCUT2D eigenvalue weighted by Gasteiger charge is 2.12. The average molecular weight is 202 g/mol. The third-order valence-corrected chi connectivity index (χ3v) is 2.83. The van der Waals surface area contributed by atoms with Crippen LogP contribution in [0.25, 0.3) is 0 Å². The van der Waals surface area contributed by atoms with E-state index in [1.54, 1.807) is 0 Å². The van der Waals surface area contributed by atoms with Gasteiger partial charge in [0.15, 0.2) is 0 Å². The molecule has 1 aromatic carbocycles. The van der Waals surface area contributed by atoms with Gasteiger partial charge in [-0.2, -0.15) is 5.10 Å². The Morgan fingerprint density at radius 3 is 2.33 bits per heavy atom. The maximum atomic E-state index is 4.48. The molecule has 2 rings (SSSR count). The summed E-state index contributed by atoms with van der Waals surface area (Å²) in [5, 5.41) is 6.57. The summed E-state index contributed by atoms with van der Waals surface area (Å²) in [7, 11) is 0. The minimum Gasteiger partial charge on any atom is -0.265 e. The van der Waals surface area contributed by atoms with Crippen LogP contribution in [0.5, 0.6) is 0 Å². The van der Waals surface area contributed by atoms with Gasteiger partial charge >= 0.3 is 0 Å². The van der Waals surface area contributed by atoms with Gasteiger partial charge in [-0.05, 0) is 30.5 Å². The van der Waals surface area contributed by atoms with Gasteiger partial charge < -0.3 is 0 Å². The number of anilines is 1. The third-order valence-electron chi connectivity index (χ3n) is 2.83. The summed E-state index contributed by atoms with van der Waals surface area (Å²) >= 11 is 0. The molecule has 1 aromatic rings. The molecule has 0 radical (unpaired) electrons. The summed E-state index contributed by atoms with van der Waals surface area (Å²) < 4.78 is 0. The van der Waals surface area contributed by atoms with E-state index < -0.39 is 0 Å². The maximum absolute atomic E-state index is 4.48. The smallest absolute Gasteiger partial charge is 0.0594 e. The monoisotopic (exact) mass is 202 g/mol. The lowest BCUT2D eigenvalue weighted by atomic mass is 10.0. The molecular weight excluding hydrogens is 184 g/mol. The summed E-state index contributed by atoms with van der Waals surface area (Å²) in [6.07, 6.45) is 1.09. The third kappa shape index (κ3) is 2.20. The Labute approximate surface area is 91.6 Å². The molecule has 0 spiro atoms. The van der Waals surface area contributed by atoms with Crippen LogP contribution in [-0.2, 0) is 0 Å². The highest BCUT2D eigenvalue weighted by Crippen LogP contribution is 2.22. The van der Waals surface area contributed by atoms with Gasteiger partial charge in [0.2, 0.25) is 0 Å². The van der Waals surface area contributed by atoms with Gasteiger partial charge in [0.05, 0.1) is 5.69 Å². The van der Waals surface area contributed by atoms with E-state index >= 15 is 0 Å². The van der Waals surface area contributed by atoms with E-state index in [9.17, 15) is 0 Å². The Bertz CT molecular complexity index is 363. The van der Waals surface area contributed by atoms with Crippen molar-refractivity contribution in [3.8, 4) is 0 Å². The lowest BCUT2D eigenvalue weighted by molar-refractivity contribution is 0.863. The number of benzene rings is 1. The molecule has 0 N–H and O–H groups in total. The number of hydrogen-bond donors (Lipinski definition) is 0. The van der Waals surface area contributed by atoms with Crippen molar-refractivity contribution in [1.82, 2.24) is 0 Å². The molecule has 0 saturated heterocycles. The molecule has 0 amide bonds. The van der Waals surface area contributed by atoms with Crippen LogP contribution in [0.4, 0.5) is 5.69 Å². The molecule has 1 heterocycles. The SMILES string of the molecule is CC1=NN(c2ccc(C(C)C)cc2)CC1. The maximum Gasteiger partial charge on any atom is 0.0594 e. The van der Waals surface area contributed by atoms with E-state index in [-0.39, 0.29) is 0 Å². The zero-order chi connectivity index (χ0) is 10.8. The van der Waals surface area contributed by atoms with Crippen molar-refractivity contribution in [3.05, 3.63) is 29.8 Å². The quantitative estimate of drug-likeness (QED) is 0.717. The molecule has 15 heavy (non-hydrogen) atoms. The Balaban J connectivity index is 2.17. The molecular formula is C13H18N2. The fraction of sp³-hybridized carbons (Fsp3) is 0.462. The molecule has 0 atom stereocenters. The summed E-state index contributed by atoms with van der Waals surface area (Å²) in [6, 6.07) is 8.72. The van der Waals surface area contributed by atoms with Crippen LogP contribution in [0.3, 0.4) is 0 Å². The van der Waals surface area contributed by atoms with Gasteiger partial charge in [0.1, 0.15) is 0 Å². The second-order valence-corrected chi connectivity index (χ2v) is 4.45. The first-order valence-electron chi connectivity index (χ1n) is 5.58. The zero-order valence-corrected chi connectivity index (χ0v) is 9.70. The number of rotatable bonds is 2. The van der Waals surface area contributed by atoms with Gasteiger partial charge in [-0.15, -0.1) is 0 Å². The summed E-state index contributed by atoms with van der Waals surface area (Å²) in [4.78, 5) is 0. The van der Waals surface area contributed by atoms with Crippen LogP contribution in [0.15, 0.2) is 29.4 Å². The fourth-order valence-corrected chi connectivity index (χ4v) is 1.79. The molecule has 2 nitrogen and oxygen atoms in total. The highest BCUT2D eigenvalue weighted by molar-refractivity contribution is 5.85. The Morgan fingerprint density at radius 1 is 1.20 bits per heavy atom. The van der Waals surface area contributed by atoms with E-state index in [0.717, 1.165) is 13.0 Å². The van der Waals surface area contributed by atoms with Crippen molar-refractivity contribution in [2.75, 3.05) is 11.6 Å². The Hall–Kier alpha value is -1.31. The van der Waals surface area contributed by atoms with Crippen molar-refractivity contribution in [3.63, 3.8) is 0 Å². The lowest BCUT2D eigenvalue weighted by Crippen LogP contribution is -2.11. The predicted molar refractivity (Wildman–Crippen MR) is 65.6 cm³/mol. The standard InChI is InChI=1S/C13H18N2/c1-10(2)12-4-6-13(7-5-12)15-9-8-11(3)14-15/h4-7,10H,8-9H2,1-3H3. The van der Waals surface area contributed by atoms with Crippen molar-refractivity contribution in [2.45, 2.75) is 33.1 Å². The molecule has 0 saturated carbocycles. The molecule has 1 aliphatic rings. The van der Waals surface area contributed by atoms with Crippen LogP contribution < -0.4 is 5.01 Å². The summed E-state index contributed by atoms with van der Waals surface area (Å²) in [6.45, 7) is 7.54. The van der Waals surface area contributed by atoms with Crippen LogP contribution in [0.2, 0.25) is 0 Å². The van der Waals surface area contributed by atoms with E-state index in [1.807, 2.05) is 0 Å². The largest absolute Gasteiger partial charge is 0.265 e. The molecule has 80 valence electrons. The first-order chi connectivity index (χ1) is 7.16. The van der Waals surface area contributed by atoms with Gasteiger partial charge in [-0.1, -0.05) is 26.0 Å². The molecule has 0 aliphatic carbocycles. The second kappa shape index (κ2) is 4.05. The normalized spacial score (nSPS) is 16.0. The molecule has 0 aromatic heterocycles. The lowest BCUT2D eigenvalue weighted by Gasteiger charge is -2.14. The summed E-state index contributed by atoms with van der Waals surface area (Å²) in [5.74, 6) is 0.600. The molecule has 2 heteroatoms. The van der Waals surface area contributed by atoms with Gasteiger partial charge in [0.25, 0.3) is 0 Å². The van der Waals surface area contributed by atoms with Gasteiger partial charge in [0, 0.05) is 18.7 Å². The van der Waals surface area contributed by atoms with Crippen LogP contribution >= 0.6 is 0 Å². The number of nitrogens with zero attached hydrogens (tertiary/aromatic N) is 2. The highest BCUT2D eigenvalue weighted by atomic mass is 15.5. The Morgan fingerprint density at radius 2 is 1.87 bits per heavy atom. The minimum absolute atomic E-state index is 0.600. The number of hydrazone groups is 1. The zero-order valence-electron chi connectivity index (χ0n) is 9.70. The second-order valence-electron chi connectivity index (χ2n) is 4.45. The fourth-order valence-electron chi connectivity index (χ4n) is 1.79. The van der Waals surface area contributed by atoms with Crippen LogP contribution in [0.1, 0.15) is 38.7 Å². The molecule has 0 unspecified atom stereocenters. The number of hydrogen-bond acceptors (Lipinski definition) is 2. The predicted octanol–water partition coefficient (Wildman–Crippen LogP) is 3.40. The van der Waals surface area contributed by atoms with E-state index in [0.29, 0.717) is 5.92 Å². The molecule has 0 bridgehead atoms. The molecule has 0 fully saturated rings. The van der Waals surface area contributed by atoms with E-state index in [4.69, 9.17) is 0 Å². The van der Waals surface area contributed by atoms with Crippen LogP contribution in [0, 0.1) is 0 Å². The average Bonchev–Trinajstić information content (AvgIpc) is 2.65. The topological polar surface area (TPSA) is 15.6 Å².